The Kier molecular flexibility index (Phi) is 1.85. The first-order valence-electron chi connectivity index (χ1n) is 4.24. The normalized spacial score (nSPS) is 20.6. The van der Waals surface area contributed by atoms with Crippen LogP contribution in [0.4, 0.5) is 13.2 Å². The maximum absolute atomic E-state index is 12.1. The third-order valence-electron chi connectivity index (χ3n) is 2.47. The van der Waals surface area contributed by atoms with E-state index in [2.05, 4.69) is 4.98 Å². The van der Waals surface area contributed by atoms with E-state index in [-0.39, 0.29) is 5.89 Å². The Balaban J connectivity index is 2.26. The number of rotatable bonds is 1. The van der Waals surface area contributed by atoms with Gasteiger partial charge in [-0.25, -0.2) is 4.98 Å². The van der Waals surface area contributed by atoms with E-state index in [0.717, 1.165) is 6.42 Å². The van der Waals surface area contributed by atoms with Gasteiger partial charge in [0.05, 0.1) is 5.54 Å². The number of hydrogen-bond donors (Lipinski definition) is 1. The van der Waals surface area contributed by atoms with Crippen LogP contribution in [0.2, 0.25) is 0 Å². The second-order valence-electron chi connectivity index (χ2n) is 3.55. The van der Waals surface area contributed by atoms with Gasteiger partial charge in [0.1, 0.15) is 6.26 Å². The Labute approximate surface area is 78.1 Å². The molecule has 0 radical (unpaired) electrons. The molecule has 1 aromatic heterocycles. The van der Waals surface area contributed by atoms with Crippen LogP contribution in [0.15, 0.2) is 10.7 Å². The molecule has 0 amide bonds. The number of hydrogen-bond acceptors (Lipinski definition) is 3. The van der Waals surface area contributed by atoms with E-state index in [0.29, 0.717) is 19.1 Å². The molecule has 0 aliphatic heterocycles. The van der Waals surface area contributed by atoms with Crippen molar-refractivity contribution in [1.29, 1.82) is 0 Å². The first kappa shape index (κ1) is 9.51. The highest BCUT2D eigenvalue weighted by Crippen LogP contribution is 2.39. The molecule has 2 rings (SSSR count). The lowest BCUT2D eigenvalue weighted by Crippen LogP contribution is -2.43. The van der Waals surface area contributed by atoms with Crippen LogP contribution in [0, 0.1) is 0 Å². The summed E-state index contributed by atoms with van der Waals surface area (Å²) in [4.78, 5) is 3.36. The molecule has 0 unspecified atom stereocenters. The molecular formula is C8H9F3N2O. The van der Waals surface area contributed by atoms with Gasteiger partial charge in [0, 0.05) is 0 Å². The van der Waals surface area contributed by atoms with E-state index in [1.165, 1.54) is 0 Å². The highest BCUT2D eigenvalue weighted by molar-refractivity contribution is 5.11. The summed E-state index contributed by atoms with van der Waals surface area (Å²) in [7, 11) is 0. The first-order valence-corrected chi connectivity index (χ1v) is 4.24. The number of alkyl halides is 3. The van der Waals surface area contributed by atoms with Crippen molar-refractivity contribution in [2.75, 3.05) is 0 Å². The van der Waals surface area contributed by atoms with E-state index >= 15 is 0 Å². The fourth-order valence-corrected chi connectivity index (χ4v) is 1.40. The molecule has 14 heavy (non-hydrogen) atoms. The minimum absolute atomic E-state index is 0.00363. The van der Waals surface area contributed by atoms with Gasteiger partial charge < -0.3 is 10.2 Å². The molecule has 1 aliphatic rings. The molecule has 1 saturated carbocycles. The van der Waals surface area contributed by atoms with Gasteiger partial charge in [0.15, 0.2) is 5.69 Å². The van der Waals surface area contributed by atoms with Gasteiger partial charge in [-0.15, -0.1) is 0 Å². The highest BCUT2D eigenvalue weighted by Gasteiger charge is 2.42. The van der Waals surface area contributed by atoms with Crippen molar-refractivity contribution in [2.24, 2.45) is 5.73 Å². The number of aromatic nitrogens is 1. The smallest absolute Gasteiger partial charge is 0.436 e. The number of nitrogens with two attached hydrogens (primary N) is 1. The summed E-state index contributed by atoms with van der Waals surface area (Å²) >= 11 is 0. The van der Waals surface area contributed by atoms with Gasteiger partial charge in [0.2, 0.25) is 5.89 Å². The van der Waals surface area contributed by atoms with Gasteiger partial charge in [-0.1, -0.05) is 0 Å². The van der Waals surface area contributed by atoms with E-state index in [4.69, 9.17) is 10.2 Å². The predicted molar refractivity (Wildman–Crippen MR) is 41.2 cm³/mol. The molecule has 0 bridgehead atoms. The summed E-state index contributed by atoms with van der Waals surface area (Å²) in [6, 6.07) is 0. The Morgan fingerprint density at radius 3 is 2.43 bits per heavy atom. The minimum Gasteiger partial charge on any atom is -0.446 e. The lowest BCUT2D eigenvalue weighted by molar-refractivity contribution is -0.141. The molecule has 78 valence electrons. The first-order chi connectivity index (χ1) is 6.42. The van der Waals surface area contributed by atoms with Crippen molar-refractivity contribution in [3.63, 3.8) is 0 Å². The quantitative estimate of drug-likeness (QED) is 0.764. The molecule has 0 aromatic carbocycles. The molecule has 1 heterocycles. The molecule has 1 fully saturated rings. The molecule has 6 heteroatoms. The van der Waals surface area contributed by atoms with Crippen LogP contribution in [-0.4, -0.2) is 4.98 Å². The summed E-state index contributed by atoms with van der Waals surface area (Å²) in [6.07, 6.45) is -1.68. The van der Waals surface area contributed by atoms with Gasteiger partial charge in [-0.3, -0.25) is 0 Å². The van der Waals surface area contributed by atoms with Gasteiger partial charge in [0.25, 0.3) is 0 Å². The maximum atomic E-state index is 12.1. The Morgan fingerprint density at radius 2 is 2.07 bits per heavy atom. The molecule has 1 aliphatic carbocycles. The molecule has 2 N–H and O–H groups in total. The minimum atomic E-state index is -4.46. The van der Waals surface area contributed by atoms with Crippen molar-refractivity contribution < 1.29 is 17.6 Å². The average Bonchev–Trinajstić information content (AvgIpc) is 2.46. The standard InChI is InChI=1S/C8H9F3N2O/c9-8(10,11)5-4-14-6(13-5)7(12)2-1-3-7/h4H,1-3,12H2. The van der Waals surface area contributed by atoms with Crippen molar-refractivity contribution in [1.82, 2.24) is 4.98 Å². The summed E-state index contributed by atoms with van der Waals surface area (Å²) in [5.41, 5.74) is 3.97. The third kappa shape index (κ3) is 1.39. The van der Waals surface area contributed by atoms with E-state index in [9.17, 15) is 13.2 Å². The molecule has 3 nitrogen and oxygen atoms in total. The van der Waals surface area contributed by atoms with Crippen molar-refractivity contribution >= 4 is 0 Å². The second-order valence-corrected chi connectivity index (χ2v) is 3.55. The molecule has 0 saturated heterocycles. The van der Waals surface area contributed by atoms with Gasteiger partial charge >= 0.3 is 6.18 Å². The average molecular weight is 206 g/mol. The summed E-state index contributed by atoms with van der Waals surface area (Å²) in [5, 5.41) is 0. The molecule has 1 aromatic rings. The summed E-state index contributed by atoms with van der Waals surface area (Å²) in [5.74, 6) is -0.00363. The monoisotopic (exact) mass is 206 g/mol. The van der Waals surface area contributed by atoms with Gasteiger partial charge in [-0.2, -0.15) is 13.2 Å². The SMILES string of the molecule is NC1(c2nc(C(F)(F)F)co2)CCC1. The van der Waals surface area contributed by atoms with Crippen LogP contribution < -0.4 is 5.73 Å². The van der Waals surface area contributed by atoms with Gasteiger partial charge in [-0.05, 0) is 19.3 Å². The van der Waals surface area contributed by atoms with E-state index < -0.39 is 17.4 Å². The molecule has 0 atom stereocenters. The van der Waals surface area contributed by atoms with Crippen molar-refractivity contribution in [3.05, 3.63) is 17.8 Å². The highest BCUT2D eigenvalue weighted by atomic mass is 19.4. The largest absolute Gasteiger partial charge is 0.446 e. The number of oxazole rings is 1. The molecular weight excluding hydrogens is 197 g/mol. The Morgan fingerprint density at radius 1 is 1.43 bits per heavy atom. The zero-order valence-corrected chi connectivity index (χ0v) is 7.27. The maximum Gasteiger partial charge on any atom is 0.436 e. The lowest BCUT2D eigenvalue weighted by Gasteiger charge is -2.34. The lowest BCUT2D eigenvalue weighted by atomic mass is 9.78. The fourth-order valence-electron chi connectivity index (χ4n) is 1.40. The second kappa shape index (κ2) is 2.73. The van der Waals surface area contributed by atoms with Crippen LogP contribution >= 0.6 is 0 Å². The predicted octanol–water partition coefficient (Wildman–Crippen LogP) is 2.03. The number of nitrogens with zero attached hydrogens (tertiary/aromatic N) is 1. The van der Waals surface area contributed by atoms with Crippen molar-refractivity contribution in [3.8, 4) is 0 Å². The third-order valence-corrected chi connectivity index (χ3v) is 2.47. The summed E-state index contributed by atoms with van der Waals surface area (Å²) in [6.45, 7) is 0. The summed E-state index contributed by atoms with van der Waals surface area (Å²) < 4.78 is 41.2. The Hall–Kier alpha value is -1.04. The molecule has 0 spiro atoms. The van der Waals surface area contributed by atoms with Crippen LogP contribution in [0.25, 0.3) is 0 Å². The van der Waals surface area contributed by atoms with Crippen LogP contribution in [0.1, 0.15) is 30.8 Å². The van der Waals surface area contributed by atoms with Crippen LogP contribution in [-0.2, 0) is 11.7 Å². The van der Waals surface area contributed by atoms with E-state index in [1.54, 1.807) is 0 Å². The van der Waals surface area contributed by atoms with Crippen molar-refractivity contribution in [2.45, 2.75) is 31.0 Å². The zero-order valence-electron chi connectivity index (χ0n) is 7.27. The topological polar surface area (TPSA) is 52.0 Å². The zero-order chi connectivity index (χ0) is 10.4. The van der Waals surface area contributed by atoms with E-state index in [1.807, 2.05) is 0 Å². The Bertz CT molecular complexity index is 341. The van der Waals surface area contributed by atoms with Crippen LogP contribution in [0.5, 0.6) is 0 Å². The number of halogens is 3. The van der Waals surface area contributed by atoms with Crippen LogP contribution in [0.3, 0.4) is 0 Å². The fraction of sp³-hybridized carbons (Fsp3) is 0.625.